The van der Waals surface area contributed by atoms with Gasteiger partial charge in [0, 0.05) is 6.54 Å². The summed E-state index contributed by atoms with van der Waals surface area (Å²) in [7, 11) is 0. The van der Waals surface area contributed by atoms with Gasteiger partial charge < -0.3 is 5.11 Å². The third-order valence-corrected chi connectivity index (χ3v) is 5.74. The molecular weight excluding hydrogens is 459 g/mol. The van der Waals surface area contributed by atoms with Crippen molar-refractivity contribution < 1.29 is 9.90 Å². The molecule has 1 saturated heterocycles. The van der Waals surface area contributed by atoms with Crippen molar-refractivity contribution in [1.29, 1.82) is 0 Å². The van der Waals surface area contributed by atoms with E-state index in [2.05, 4.69) is 34.5 Å². The molecule has 4 nitrogen and oxygen atoms in total. The van der Waals surface area contributed by atoms with Crippen molar-refractivity contribution in [1.82, 2.24) is 4.90 Å². The molecule has 0 unspecified atom stereocenters. The number of para-hydroxylation sites is 1. The molecule has 0 aromatic heterocycles. The molecule has 0 spiro atoms. The lowest BCUT2D eigenvalue weighted by Gasteiger charge is -2.14. The number of halogens is 1. The summed E-state index contributed by atoms with van der Waals surface area (Å²) in [5.41, 5.74) is 1.73. The second-order valence-electron chi connectivity index (χ2n) is 5.86. The number of hydrogen-bond donors (Lipinski definition) is 1. The molecule has 0 radical (unpaired) electrons. The number of carbonyl (C=O) groups excluding carboxylic acids is 1. The zero-order valence-corrected chi connectivity index (χ0v) is 17.3. The molecule has 2 aromatic rings. The Bertz CT molecular complexity index is 865. The van der Waals surface area contributed by atoms with E-state index in [0.717, 1.165) is 32.8 Å². The van der Waals surface area contributed by atoms with Gasteiger partial charge in [0.25, 0.3) is 5.91 Å². The fraction of sp³-hybridized carbons (Fsp3) is 0.200. The molecule has 0 saturated carbocycles. The maximum Gasteiger partial charge on any atom is 0.266 e. The van der Waals surface area contributed by atoms with Crippen molar-refractivity contribution in [3.63, 3.8) is 0 Å². The second kappa shape index (κ2) is 8.73. The molecule has 1 aliphatic heterocycles. The van der Waals surface area contributed by atoms with E-state index in [0.29, 0.717) is 11.4 Å². The highest BCUT2D eigenvalue weighted by atomic mass is 127. The Balaban J connectivity index is 1.93. The average Bonchev–Trinajstić information content (AvgIpc) is 2.92. The minimum Gasteiger partial charge on any atom is -0.507 e. The van der Waals surface area contributed by atoms with Crippen LogP contribution in [0.4, 0.5) is 5.69 Å². The SMILES string of the molecule is CCCCN1C(=O)/C(=C/c2ccc(O)c(I)c2)SC1=Nc1ccccc1. The van der Waals surface area contributed by atoms with Gasteiger partial charge in [0.2, 0.25) is 0 Å². The van der Waals surface area contributed by atoms with Crippen molar-refractivity contribution in [3.05, 3.63) is 62.6 Å². The van der Waals surface area contributed by atoms with Crippen molar-refractivity contribution in [2.24, 2.45) is 4.99 Å². The van der Waals surface area contributed by atoms with Gasteiger partial charge in [0.1, 0.15) is 5.75 Å². The van der Waals surface area contributed by atoms with Crippen molar-refractivity contribution in [2.45, 2.75) is 19.8 Å². The second-order valence-corrected chi connectivity index (χ2v) is 8.03. The number of phenols is 1. The first-order chi connectivity index (χ1) is 12.6. The number of thioether (sulfide) groups is 1. The summed E-state index contributed by atoms with van der Waals surface area (Å²) >= 11 is 3.48. The maximum atomic E-state index is 12.9. The van der Waals surface area contributed by atoms with Gasteiger partial charge in [-0.25, -0.2) is 4.99 Å². The van der Waals surface area contributed by atoms with Gasteiger partial charge in [0.05, 0.1) is 14.2 Å². The van der Waals surface area contributed by atoms with Gasteiger partial charge >= 0.3 is 0 Å². The van der Waals surface area contributed by atoms with E-state index in [-0.39, 0.29) is 11.7 Å². The topological polar surface area (TPSA) is 52.9 Å². The third-order valence-electron chi connectivity index (χ3n) is 3.87. The minimum atomic E-state index is -0.0128. The summed E-state index contributed by atoms with van der Waals surface area (Å²) in [6.07, 6.45) is 3.81. The van der Waals surface area contributed by atoms with Crippen LogP contribution in [0.1, 0.15) is 25.3 Å². The van der Waals surface area contributed by atoms with Crippen molar-refractivity contribution in [3.8, 4) is 5.75 Å². The zero-order chi connectivity index (χ0) is 18.5. The fourth-order valence-corrected chi connectivity index (χ4v) is 4.05. The summed E-state index contributed by atoms with van der Waals surface area (Å²) in [4.78, 5) is 20.0. The van der Waals surface area contributed by atoms with Crippen molar-refractivity contribution >= 4 is 57.2 Å². The number of nitrogens with zero attached hydrogens (tertiary/aromatic N) is 2. The number of phenolic OH excluding ortho intramolecular Hbond substituents is 1. The average molecular weight is 478 g/mol. The van der Waals surface area contributed by atoms with Crippen LogP contribution in [0, 0.1) is 3.57 Å². The molecule has 1 aliphatic rings. The first kappa shape index (κ1) is 19.0. The summed E-state index contributed by atoms with van der Waals surface area (Å²) < 4.78 is 0.758. The van der Waals surface area contributed by atoms with E-state index >= 15 is 0 Å². The molecular formula is C20H19IN2O2S. The highest BCUT2D eigenvalue weighted by Gasteiger charge is 2.32. The van der Waals surface area contributed by atoms with Crippen LogP contribution in [0.2, 0.25) is 0 Å². The first-order valence-electron chi connectivity index (χ1n) is 8.42. The van der Waals surface area contributed by atoms with E-state index in [9.17, 15) is 9.90 Å². The number of amidine groups is 1. The largest absolute Gasteiger partial charge is 0.507 e. The van der Waals surface area contributed by atoms with Gasteiger partial charge in [-0.05, 0) is 76.7 Å². The number of hydrogen-bond acceptors (Lipinski definition) is 4. The van der Waals surface area contributed by atoms with Gasteiger partial charge in [-0.2, -0.15) is 0 Å². The molecule has 26 heavy (non-hydrogen) atoms. The van der Waals surface area contributed by atoms with E-state index < -0.39 is 0 Å². The number of rotatable bonds is 5. The Morgan fingerprint density at radius 2 is 2.00 bits per heavy atom. The number of amides is 1. The molecule has 0 atom stereocenters. The van der Waals surface area contributed by atoms with Gasteiger partial charge in [0.15, 0.2) is 5.17 Å². The summed E-state index contributed by atoms with van der Waals surface area (Å²) in [5.74, 6) is 0.232. The van der Waals surface area contributed by atoms with Gasteiger partial charge in [-0.1, -0.05) is 37.6 Å². The number of aromatic hydroxyl groups is 1. The van der Waals surface area contributed by atoms with Crippen LogP contribution in [0.3, 0.4) is 0 Å². The quantitative estimate of drug-likeness (QED) is 0.463. The summed E-state index contributed by atoms with van der Waals surface area (Å²) in [5, 5.41) is 10.4. The first-order valence-corrected chi connectivity index (χ1v) is 10.3. The van der Waals surface area contributed by atoms with Gasteiger partial charge in [-0.15, -0.1) is 0 Å². The molecule has 1 fully saturated rings. The van der Waals surface area contributed by atoms with E-state index in [4.69, 9.17) is 0 Å². The predicted octanol–water partition coefficient (Wildman–Crippen LogP) is 5.40. The highest BCUT2D eigenvalue weighted by molar-refractivity contribution is 14.1. The fourth-order valence-electron chi connectivity index (χ4n) is 2.48. The Morgan fingerprint density at radius 3 is 2.69 bits per heavy atom. The molecule has 3 rings (SSSR count). The van der Waals surface area contributed by atoms with Crippen molar-refractivity contribution in [2.75, 3.05) is 6.54 Å². The molecule has 134 valence electrons. The summed E-state index contributed by atoms with van der Waals surface area (Å²) in [6.45, 7) is 2.77. The molecule has 0 aliphatic carbocycles. The molecule has 6 heteroatoms. The monoisotopic (exact) mass is 478 g/mol. The van der Waals surface area contributed by atoms with Crippen LogP contribution >= 0.6 is 34.4 Å². The number of unbranched alkanes of at least 4 members (excludes halogenated alkanes) is 1. The zero-order valence-electron chi connectivity index (χ0n) is 14.4. The molecule has 2 aromatic carbocycles. The lowest BCUT2D eigenvalue weighted by atomic mass is 10.2. The third kappa shape index (κ3) is 4.48. The smallest absolute Gasteiger partial charge is 0.266 e. The van der Waals surface area contributed by atoms with Crippen LogP contribution < -0.4 is 0 Å². The Kier molecular flexibility index (Phi) is 6.37. The molecule has 1 N–H and O–H groups in total. The summed E-state index contributed by atoms with van der Waals surface area (Å²) in [6, 6.07) is 15.0. The lowest BCUT2D eigenvalue weighted by Crippen LogP contribution is -2.30. The number of aliphatic imine (C=N–C) groups is 1. The van der Waals surface area contributed by atoms with Crippen LogP contribution in [0.15, 0.2) is 58.4 Å². The molecule has 0 bridgehead atoms. The Hall–Kier alpha value is -1.80. The van der Waals surface area contributed by atoms with Gasteiger partial charge in [-0.3, -0.25) is 9.69 Å². The lowest BCUT2D eigenvalue weighted by molar-refractivity contribution is -0.122. The highest BCUT2D eigenvalue weighted by Crippen LogP contribution is 2.35. The number of carbonyl (C=O) groups is 1. The molecule has 1 heterocycles. The molecule has 1 amide bonds. The maximum absolute atomic E-state index is 12.9. The minimum absolute atomic E-state index is 0.0128. The van der Waals surface area contributed by atoms with Crippen LogP contribution in [-0.4, -0.2) is 27.6 Å². The van der Waals surface area contributed by atoms with Crippen LogP contribution in [0.25, 0.3) is 6.08 Å². The van der Waals surface area contributed by atoms with Crippen LogP contribution in [0.5, 0.6) is 5.75 Å². The van der Waals surface area contributed by atoms with Crippen LogP contribution in [-0.2, 0) is 4.79 Å². The normalized spacial score (nSPS) is 17.5. The standard InChI is InChI=1S/C20H19IN2O2S/c1-2-3-11-23-19(25)18(13-14-9-10-17(24)16(21)12-14)26-20(23)22-15-7-5-4-6-8-15/h4-10,12-13,24H,2-3,11H2,1H3/b18-13-,22-20?. The number of benzene rings is 2. The Morgan fingerprint density at radius 1 is 1.23 bits per heavy atom. The van der Waals surface area contributed by atoms with E-state index in [1.54, 1.807) is 17.0 Å². The predicted molar refractivity (Wildman–Crippen MR) is 117 cm³/mol. The van der Waals surface area contributed by atoms with E-state index in [1.165, 1.54) is 11.8 Å². The van der Waals surface area contributed by atoms with E-state index in [1.807, 2.05) is 42.5 Å². The Labute approximate surface area is 171 Å².